The number of anilines is 1. The van der Waals surface area contributed by atoms with E-state index >= 15 is 0 Å². The zero-order valence-corrected chi connectivity index (χ0v) is 16.1. The summed E-state index contributed by atoms with van der Waals surface area (Å²) in [6.07, 6.45) is -2.05. The predicted octanol–water partition coefficient (Wildman–Crippen LogP) is 4.26. The van der Waals surface area contributed by atoms with Crippen LogP contribution in [0.5, 0.6) is 5.75 Å². The van der Waals surface area contributed by atoms with E-state index in [1.807, 2.05) is 6.07 Å². The lowest BCUT2D eigenvalue weighted by Crippen LogP contribution is -2.35. The van der Waals surface area contributed by atoms with E-state index in [4.69, 9.17) is 37.9 Å². The van der Waals surface area contributed by atoms with E-state index in [9.17, 15) is 9.59 Å². The zero-order chi connectivity index (χ0) is 19.3. The molecule has 0 aliphatic rings. The molecule has 136 valence electrons. The summed E-state index contributed by atoms with van der Waals surface area (Å²) < 4.78 is 10.6. The average molecular weight is 413 g/mol. The van der Waals surface area contributed by atoms with Crippen LogP contribution in [0, 0.1) is 11.3 Å². The van der Waals surface area contributed by atoms with Crippen LogP contribution < -0.4 is 10.1 Å². The quantitative estimate of drug-likeness (QED) is 0.715. The molecule has 2 rings (SSSR count). The fourth-order valence-corrected chi connectivity index (χ4v) is 3.03. The van der Waals surface area contributed by atoms with Gasteiger partial charge in [0.2, 0.25) is 0 Å². The van der Waals surface area contributed by atoms with Crippen molar-refractivity contribution in [3.8, 4) is 11.8 Å². The van der Waals surface area contributed by atoms with E-state index < -0.39 is 24.1 Å². The lowest BCUT2D eigenvalue weighted by atomic mass is 10.3. The SMILES string of the molecule is C[C@H](OC(=O)[C@@H](C)Oc1ccc(Cl)cc1Cl)C(=O)Nc1sccc1C#N. The van der Waals surface area contributed by atoms with Crippen molar-refractivity contribution in [3.63, 3.8) is 0 Å². The number of amides is 1. The van der Waals surface area contributed by atoms with Gasteiger partial charge in [0.25, 0.3) is 5.91 Å². The first-order valence-electron chi connectivity index (χ1n) is 7.42. The Morgan fingerprint density at radius 2 is 1.96 bits per heavy atom. The number of halogens is 2. The largest absolute Gasteiger partial charge is 0.477 e. The van der Waals surface area contributed by atoms with Crippen LogP contribution in [-0.2, 0) is 14.3 Å². The molecule has 0 fully saturated rings. The highest BCUT2D eigenvalue weighted by Gasteiger charge is 2.24. The van der Waals surface area contributed by atoms with Crippen molar-refractivity contribution < 1.29 is 19.1 Å². The summed E-state index contributed by atoms with van der Waals surface area (Å²) in [4.78, 5) is 24.2. The molecule has 0 saturated heterocycles. The lowest BCUT2D eigenvalue weighted by molar-refractivity contribution is -0.159. The number of thiophene rings is 1. The molecule has 2 aromatic rings. The number of nitriles is 1. The molecule has 1 N–H and O–H groups in total. The molecule has 1 amide bonds. The Morgan fingerprint density at radius 3 is 2.62 bits per heavy atom. The molecule has 0 spiro atoms. The summed E-state index contributed by atoms with van der Waals surface area (Å²) in [6, 6.07) is 8.14. The monoisotopic (exact) mass is 412 g/mol. The predicted molar refractivity (Wildman–Crippen MR) is 99.8 cm³/mol. The first-order chi connectivity index (χ1) is 12.3. The van der Waals surface area contributed by atoms with Crippen molar-refractivity contribution in [2.45, 2.75) is 26.1 Å². The molecular formula is C17H14Cl2N2O4S. The number of carbonyl (C=O) groups is 2. The highest BCUT2D eigenvalue weighted by atomic mass is 35.5. The second kappa shape index (κ2) is 8.90. The second-order valence-electron chi connectivity index (χ2n) is 5.18. The van der Waals surface area contributed by atoms with E-state index in [1.54, 1.807) is 17.5 Å². The molecule has 1 heterocycles. The Hall–Kier alpha value is -2.27. The van der Waals surface area contributed by atoms with E-state index in [0.717, 1.165) is 0 Å². The van der Waals surface area contributed by atoms with Crippen LogP contribution in [0.25, 0.3) is 0 Å². The summed E-state index contributed by atoms with van der Waals surface area (Å²) in [5, 5.41) is 14.3. The lowest BCUT2D eigenvalue weighted by Gasteiger charge is -2.18. The van der Waals surface area contributed by atoms with Gasteiger partial charge in [-0.25, -0.2) is 4.79 Å². The number of rotatable bonds is 6. The molecule has 0 aliphatic carbocycles. The standard InChI is InChI=1S/C17H14Cl2N2O4S/c1-9(15(22)21-16-11(8-20)5-6-26-16)25-17(23)10(2)24-14-4-3-12(18)7-13(14)19/h3-7,9-10H,1-2H3,(H,21,22)/t9-,10+/m0/s1. The fraction of sp³-hybridized carbons (Fsp3) is 0.235. The van der Waals surface area contributed by atoms with E-state index in [-0.39, 0.29) is 10.8 Å². The number of nitrogens with zero attached hydrogens (tertiary/aromatic N) is 1. The maximum absolute atomic E-state index is 12.1. The maximum Gasteiger partial charge on any atom is 0.347 e. The number of ether oxygens (including phenoxy) is 2. The van der Waals surface area contributed by atoms with Crippen LogP contribution in [0.4, 0.5) is 5.00 Å². The second-order valence-corrected chi connectivity index (χ2v) is 6.94. The normalized spacial score (nSPS) is 12.6. The van der Waals surface area contributed by atoms with Crippen molar-refractivity contribution in [2.24, 2.45) is 0 Å². The number of carbonyl (C=O) groups excluding carboxylic acids is 2. The number of benzene rings is 1. The van der Waals surface area contributed by atoms with Gasteiger partial charge in [0.1, 0.15) is 16.8 Å². The van der Waals surface area contributed by atoms with Crippen molar-refractivity contribution in [1.82, 2.24) is 0 Å². The first-order valence-corrected chi connectivity index (χ1v) is 9.06. The van der Waals surface area contributed by atoms with Crippen LogP contribution in [0.2, 0.25) is 10.0 Å². The molecule has 0 bridgehead atoms. The smallest absolute Gasteiger partial charge is 0.347 e. The van der Waals surface area contributed by atoms with E-state index in [1.165, 1.54) is 37.3 Å². The van der Waals surface area contributed by atoms with Crippen molar-refractivity contribution in [2.75, 3.05) is 5.32 Å². The van der Waals surface area contributed by atoms with E-state index in [0.29, 0.717) is 15.6 Å². The summed E-state index contributed by atoms with van der Waals surface area (Å²) in [6.45, 7) is 2.90. The number of esters is 1. The van der Waals surface area contributed by atoms with Crippen LogP contribution in [0.15, 0.2) is 29.6 Å². The third-order valence-electron chi connectivity index (χ3n) is 3.21. The van der Waals surface area contributed by atoms with Crippen LogP contribution in [0.3, 0.4) is 0 Å². The molecule has 1 aromatic carbocycles. The molecule has 0 aliphatic heterocycles. The molecule has 6 nitrogen and oxygen atoms in total. The molecular weight excluding hydrogens is 399 g/mol. The zero-order valence-electron chi connectivity index (χ0n) is 13.8. The number of nitrogens with one attached hydrogen (secondary N) is 1. The van der Waals surface area contributed by atoms with Gasteiger partial charge in [0.05, 0.1) is 10.6 Å². The third-order valence-corrected chi connectivity index (χ3v) is 4.57. The molecule has 26 heavy (non-hydrogen) atoms. The van der Waals surface area contributed by atoms with Crippen LogP contribution in [0.1, 0.15) is 19.4 Å². The van der Waals surface area contributed by atoms with Gasteiger partial charge >= 0.3 is 5.97 Å². The first kappa shape index (κ1) is 20.0. The van der Waals surface area contributed by atoms with Gasteiger partial charge in [-0.15, -0.1) is 11.3 Å². The third kappa shape index (κ3) is 5.11. The van der Waals surface area contributed by atoms with Gasteiger partial charge in [-0.1, -0.05) is 23.2 Å². The molecule has 1 aromatic heterocycles. The van der Waals surface area contributed by atoms with Gasteiger partial charge in [-0.3, -0.25) is 4.79 Å². The number of hydrogen-bond donors (Lipinski definition) is 1. The molecule has 0 saturated carbocycles. The summed E-state index contributed by atoms with van der Waals surface area (Å²) in [7, 11) is 0. The molecule has 2 atom stereocenters. The fourth-order valence-electron chi connectivity index (χ4n) is 1.84. The van der Waals surface area contributed by atoms with Crippen molar-refractivity contribution in [3.05, 3.63) is 45.3 Å². The minimum absolute atomic E-state index is 0.254. The highest BCUT2D eigenvalue weighted by Crippen LogP contribution is 2.28. The van der Waals surface area contributed by atoms with Gasteiger partial charge in [0.15, 0.2) is 12.2 Å². The minimum atomic E-state index is -1.07. The highest BCUT2D eigenvalue weighted by molar-refractivity contribution is 7.14. The topological polar surface area (TPSA) is 88.4 Å². The van der Waals surface area contributed by atoms with Gasteiger partial charge in [0, 0.05) is 5.02 Å². The van der Waals surface area contributed by atoms with Crippen molar-refractivity contribution >= 4 is 51.4 Å². The van der Waals surface area contributed by atoms with Gasteiger partial charge < -0.3 is 14.8 Å². The van der Waals surface area contributed by atoms with Crippen LogP contribution >= 0.6 is 34.5 Å². The average Bonchev–Trinajstić information content (AvgIpc) is 3.04. The van der Waals surface area contributed by atoms with Gasteiger partial charge in [-0.2, -0.15) is 5.26 Å². The Balaban J connectivity index is 1.93. The Kier molecular flexibility index (Phi) is 6.86. The minimum Gasteiger partial charge on any atom is -0.477 e. The Morgan fingerprint density at radius 1 is 1.23 bits per heavy atom. The maximum atomic E-state index is 12.1. The van der Waals surface area contributed by atoms with E-state index in [2.05, 4.69) is 5.32 Å². The summed E-state index contributed by atoms with van der Waals surface area (Å²) in [5.74, 6) is -1.01. The Bertz CT molecular complexity index is 863. The van der Waals surface area contributed by atoms with Crippen molar-refractivity contribution in [1.29, 1.82) is 5.26 Å². The molecule has 0 unspecified atom stereocenters. The summed E-state index contributed by atoms with van der Waals surface area (Å²) >= 11 is 13.0. The molecule has 9 heteroatoms. The van der Waals surface area contributed by atoms with Crippen LogP contribution in [-0.4, -0.2) is 24.1 Å². The molecule has 0 radical (unpaired) electrons. The van der Waals surface area contributed by atoms with Gasteiger partial charge in [-0.05, 0) is 43.5 Å². The summed E-state index contributed by atoms with van der Waals surface area (Å²) in [5.41, 5.74) is 0.343. The number of hydrogen-bond acceptors (Lipinski definition) is 6. The Labute approximate surface area is 164 Å².